The van der Waals surface area contributed by atoms with Crippen LogP contribution in [0.1, 0.15) is 0 Å². The smallest absolute Gasteiger partial charge is 0.246 e. The van der Waals surface area contributed by atoms with Gasteiger partial charge < -0.3 is 5.32 Å². The second-order valence-corrected chi connectivity index (χ2v) is 5.76. The lowest BCUT2D eigenvalue weighted by atomic mass is 10.3. The van der Waals surface area contributed by atoms with Crippen molar-refractivity contribution in [1.29, 1.82) is 0 Å². The van der Waals surface area contributed by atoms with Crippen molar-refractivity contribution in [2.75, 3.05) is 26.2 Å². The van der Waals surface area contributed by atoms with Gasteiger partial charge in [0.15, 0.2) is 11.6 Å². The molecule has 4 nitrogen and oxygen atoms in total. The van der Waals surface area contributed by atoms with Gasteiger partial charge in [0.1, 0.15) is 10.7 Å². The molecular formula is C10H12ClF3N2O2S. The first-order valence-electron chi connectivity index (χ1n) is 5.28. The largest absolute Gasteiger partial charge is 0.314 e. The van der Waals surface area contributed by atoms with E-state index in [4.69, 9.17) is 0 Å². The van der Waals surface area contributed by atoms with E-state index in [0.29, 0.717) is 19.2 Å². The molecule has 1 aromatic rings. The van der Waals surface area contributed by atoms with Crippen LogP contribution in [-0.4, -0.2) is 38.9 Å². The third-order valence-electron chi connectivity index (χ3n) is 2.67. The predicted molar refractivity (Wildman–Crippen MR) is 65.2 cm³/mol. The molecule has 0 radical (unpaired) electrons. The van der Waals surface area contributed by atoms with Gasteiger partial charge in [-0.3, -0.25) is 0 Å². The van der Waals surface area contributed by atoms with Crippen molar-refractivity contribution in [3.8, 4) is 0 Å². The van der Waals surface area contributed by atoms with Gasteiger partial charge in [-0.05, 0) is 6.07 Å². The fraction of sp³-hybridized carbons (Fsp3) is 0.400. The van der Waals surface area contributed by atoms with E-state index >= 15 is 0 Å². The number of nitrogens with zero attached hydrogens (tertiary/aromatic N) is 1. The summed E-state index contributed by atoms with van der Waals surface area (Å²) in [6.07, 6.45) is 0. The summed E-state index contributed by atoms with van der Waals surface area (Å²) >= 11 is 0. The lowest BCUT2D eigenvalue weighted by Gasteiger charge is -2.26. The first kappa shape index (κ1) is 16.2. The third-order valence-corrected chi connectivity index (χ3v) is 4.58. The normalized spacial score (nSPS) is 17.0. The van der Waals surface area contributed by atoms with Gasteiger partial charge in [0.05, 0.1) is 0 Å². The fourth-order valence-corrected chi connectivity index (χ4v) is 3.22. The lowest BCUT2D eigenvalue weighted by molar-refractivity contribution is 0.357. The highest BCUT2D eigenvalue weighted by Gasteiger charge is 2.29. The Morgan fingerprint density at radius 3 is 2.11 bits per heavy atom. The molecule has 9 heteroatoms. The van der Waals surface area contributed by atoms with Crippen LogP contribution < -0.4 is 5.32 Å². The van der Waals surface area contributed by atoms with Crippen LogP contribution >= 0.6 is 12.4 Å². The van der Waals surface area contributed by atoms with Crippen molar-refractivity contribution in [1.82, 2.24) is 9.62 Å². The molecule has 0 aromatic heterocycles. The van der Waals surface area contributed by atoms with E-state index in [9.17, 15) is 21.6 Å². The average Bonchev–Trinajstić information content (AvgIpc) is 2.34. The maximum atomic E-state index is 13.5. The van der Waals surface area contributed by atoms with Gasteiger partial charge >= 0.3 is 0 Å². The number of rotatable bonds is 2. The van der Waals surface area contributed by atoms with Gasteiger partial charge in [-0.25, -0.2) is 21.6 Å². The summed E-state index contributed by atoms with van der Waals surface area (Å²) in [5.41, 5.74) is 0. The highest BCUT2D eigenvalue weighted by molar-refractivity contribution is 7.89. The molecule has 0 unspecified atom stereocenters. The Morgan fingerprint density at radius 2 is 1.53 bits per heavy atom. The SMILES string of the molecule is Cl.O=S(=O)(c1cc(F)c(F)cc1F)N1CCNCC1. The molecule has 0 aliphatic carbocycles. The zero-order valence-electron chi connectivity index (χ0n) is 9.70. The molecule has 1 heterocycles. The second kappa shape index (κ2) is 6.08. The Balaban J connectivity index is 0.00000180. The number of sulfonamides is 1. The zero-order valence-corrected chi connectivity index (χ0v) is 11.3. The Kier molecular flexibility index (Phi) is 5.19. The summed E-state index contributed by atoms with van der Waals surface area (Å²) in [7, 11) is -4.12. The topological polar surface area (TPSA) is 49.4 Å². The van der Waals surface area contributed by atoms with Gasteiger partial charge in [-0.2, -0.15) is 4.31 Å². The van der Waals surface area contributed by atoms with E-state index in [0.717, 1.165) is 4.31 Å². The van der Waals surface area contributed by atoms with E-state index in [2.05, 4.69) is 5.32 Å². The summed E-state index contributed by atoms with van der Waals surface area (Å²) in [5.74, 6) is -4.08. The Morgan fingerprint density at radius 1 is 1.00 bits per heavy atom. The van der Waals surface area contributed by atoms with Crippen LogP contribution in [0.15, 0.2) is 17.0 Å². The molecule has 1 aliphatic heterocycles. The predicted octanol–water partition coefficient (Wildman–Crippen LogP) is 1.12. The molecule has 0 atom stereocenters. The van der Waals surface area contributed by atoms with Gasteiger partial charge in [0.25, 0.3) is 0 Å². The van der Waals surface area contributed by atoms with Crippen LogP contribution in [0.4, 0.5) is 13.2 Å². The fourth-order valence-electron chi connectivity index (χ4n) is 1.73. The molecule has 2 rings (SSSR count). The lowest BCUT2D eigenvalue weighted by Crippen LogP contribution is -2.46. The molecule has 1 saturated heterocycles. The van der Waals surface area contributed by atoms with E-state index in [1.54, 1.807) is 0 Å². The summed E-state index contributed by atoms with van der Waals surface area (Å²) in [6, 6.07) is 0.618. The maximum absolute atomic E-state index is 13.5. The number of piperazine rings is 1. The summed E-state index contributed by atoms with van der Waals surface area (Å²) in [4.78, 5) is -0.830. The van der Waals surface area contributed by atoms with E-state index in [-0.39, 0.29) is 31.6 Å². The quantitative estimate of drug-likeness (QED) is 0.832. The van der Waals surface area contributed by atoms with Crippen molar-refractivity contribution >= 4 is 22.4 Å². The minimum atomic E-state index is -4.12. The van der Waals surface area contributed by atoms with Gasteiger partial charge in [0, 0.05) is 32.2 Å². The third kappa shape index (κ3) is 3.19. The van der Waals surface area contributed by atoms with Crippen LogP contribution in [0.25, 0.3) is 0 Å². The van der Waals surface area contributed by atoms with Crippen LogP contribution in [0.2, 0.25) is 0 Å². The van der Waals surface area contributed by atoms with Gasteiger partial charge in [0.2, 0.25) is 10.0 Å². The van der Waals surface area contributed by atoms with E-state index in [1.165, 1.54) is 0 Å². The monoisotopic (exact) mass is 316 g/mol. The molecule has 0 spiro atoms. The van der Waals surface area contributed by atoms with Gasteiger partial charge in [-0.1, -0.05) is 0 Å². The molecule has 1 fully saturated rings. The second-order valence-electron chi connectivity index (χ2n) is 3.85. The minimum Gasteiger partial charge on any atom is -0.314 e. The molecule has 0 bridgehead atoms. The van der Waals surface area contributed by atoms with Crippen molar-refractivity contribution in [2.24, 2.45) is 0 Å². The standard InChI is InChI=1S/C10H11F3N2O2S.ClH/c11-7-5-9(13)10(6-8(7)12)18(16,17)15-3-1-14-2-4-15;/h5-6,14H,1-4H2;1H. The average molecular weight is 317 g/mol. The number of halogens is 4. The Bertz CT molecular complexity index is 562. The Labute approximate surface area is 115 Å². The first-order valence-corrected chi connectivity index (χ1v) is 6.72. The minimum absolute atomic E-state index is 0. The highest BCUT2D eigenvalue weighted by Crippen LogP contribution is 2.22. The van der Waals surface area contributed by atoms with Crippen molar-refractivity contribution in [3.05, 3.63) is 29.6 Å². The number of hydrogen-bond donors (Lipinski definition) is 1. The summed E-state index contributed by atoms with van der Waals surface area (Å²) in [6.45, 7) is 1.20. The number of hydrogen-bond acceptors (Lipinski definition) is 3. The molecule has 1 aliphatic rings. The number of benzene rings is 1. The van der Waals surface area contributed by atoms with Crippen molar-refractivity contribution < 1.29 is 21.6 Å². The molecule has 1 N–H and O–H groups in total. The first-order chi connectivity index (χ1) is 8.43. The Hall–Kier alpha value is -0.830. The number of nitrogens with one attached hydrogen (secondary N) is 1. The zero-order chi connectivity index (χ0) is 13.3. The molecule has 0 amide bonds. The van der Waals surface area contributed by atoms with E-state index < -0.39 is 32.4 Å². The molecule has 0 saturated carbocycles. The highest BCUT2D eigenvalue weighted by atomic mass is 35.5. The van der Waals surface area contributed by atoms with Gasteiger partial charge in [-0.15, -0.1) is 12.4 Å². The van der Waals surface area contributed by atoms with Crippen LogP contribution in [0.5, 0.6) is 0 Å². The van der Waals surface area contributed by atoms with Crippen LogP contribution in [-0.2, 0) is 10.0 Å². The maximum Gasteiger partial charge on any atom is 0.246 e. The molecule has 1 aromatic carbocycles. The van der Waals surface area contributed by atoms with Crippen molar-refractivity contribution in [3.63, 3.8) is 0 Å². The van der Waals surface area contributed by atoms with Crippen molar-refractivity contribution in [2.45, 2.75) is 4.90 Å². The van der Waals surface area contributed by atoms with Crippen LogP contribution in [0.3, 0.4) is 0 Å². The summed E-state index contributed by atoms with van der Waals surface area (Å²) in [5, 5.41) is 2.94. The molecule has 19 heavy (non-hydrogen) atoms. The van der Waals surface area contributed by atoms with E-state index in [1.807, 2.05) is 0 Å². The molecular weight excluding hydrogens is 305 g/mol. The molecule has 108 valence electrons. The van der Waals surface area contributed by atoms with Crippen LogP contribution in [0, 0.1) is 17.5 Å². The summed E-state index contributed by atoms with van der Waals surface area (Å²) < 4.78 is 64.4.